The van der Waals surface area contributed by atoms with Crippen molar-refractivity contribution in [2.24, 2.45) is 0 Å². The Kier molecular flexibility index (Phi) is 4.30. The minimum absolute atomic E-state index is 0.616. The van der Waals surface area contributed by atoms with E-state index in [1.807, 2.05) is 12.1 Å². The Labute approximate surface area is 109 Å². The van der Waals surface area contributed by atoms with Crippen LogP contribution in [0.2, 0.25) is 5.02 Å². The van der Waals surface area contributed by atoms with Crippen LogP contribution in [0.3, 0.4) is 0 Å². The molecule has 1 aliphatic rings. The van der Waals surface area contributed by atoms with Crippen molar-refractivity contribution in [2.75, 3.05) is 24.5 Å². The summed E-state index contributed by atoms with van der Waals surface area (Å²) in [5, 5.41) is 4.46. The Balaban J connectivity index is 2.05. The van der Waals surface area contributed by atoms with Crippen molar-refractivity contribution in [3.8, 4) is 0 Å². The molecule has 3 heteroatoms. The predicted molar refractivity (Wildman–Crippen MR) is 75.1 cm³/mol. The number of aryl methyl sites for hydroxylation is 1. The lowest BCUT2D eigenvalue weighted by molar-refractivity contribution is 0.549. The van der Waals surface area contributed by atoms with E-state index in [1.165, 1.54) is 24.1 Å². The monoisotopic (exact) mass is 252 g/mol. The molecule has 1 fully saturated rings. The molecule has 1 aromatic carbocycles. The van der Waals surface area contributed by atoms with Gasteiger partial charge in [0, 0.05) is 19.1 Å². The first-order chi connectivity index (χ1) is 8.22. The molecule has 0 aromatic heterocycles. The molecule has 0 spiro atoms. The SMILES string of the molecule is CCCNC1CCN(c2c(C)cccc2Cl)C1. The summed E-state index contributed by atoms with van der Waals surface area (Å²) in [6.07, 6.45) is 2.41. The third kappa shape index (κ3) is 2.93. The van der Waals surface area contributed by atoms with Crippen molar-refractivity contribution >= 4 is 17.3 Å². The highest BCUT2D eigenvalue weighted by molar-refractivity contribution is 6.33. The molecule has 0 saturated carbocycles. The van der Waals surface area contributed by atoms with Gasteiger partial charge in [-0.3, -0.25) is 0 Å². The number of halogens is 1. The van der Waals surface area contributed by atoms with Crippen molar-refractivity contribution < 1.29 is 0 Å². The number of anilines is 1. The van der Waals surface area contributed by atoms with Crippen LogP contribution in [0.1, 0.15) is 25.3 Å². The second-order valence-corrected chi connectivity index (χ2v) is 5.20. The van der Waals surface area contributed by atoms with Gasteiger partial charge in [0.05, 0.1) is 10.7 Å². The molecule has 1 unspecified atom stereocenters. The minimum atomic E-state index is 0.616. The molecule has 0 radical (unpaired) electrons. The lowest BCUT2D eigenvalue weighted by Gasteiger charge is -2.22. The van der Waals surface area contributed by atoms with Crippen LogP contribution in [0, 0.1) is 6.92 Å². The van der Waals surface area contributed by atoms with Crippen molar-refractivity contribution in [3.63, 3.8) is 0 Å². The molecule has 1 aromatic rings. The van der Waals surface area contributed by atoms with Crippen molar-refractivity contribution in [1.29, 1.82) is 0 Å². The fraction of sp³-hybridized carbons (Fsp3) is 0.571. The summed E-state index contributed by atoms with van der Waals surface area (Å²) in [6.45, 7) is 7.63. The van der Waals surface area contributed by atoms with Gasteiger partial charge >= 0.3 is 0 Å². The molecule has 94 valence electrons. The molecule has 0 amide bonds. The van der Waals surface area contributed by atoms with Gasteiger partial charge in [-0.15, -0.1) is 0 Å². The van der Waals surface area contributed by atoms with Crippen LogP contribution in [0.5, 0.6) is 0 Å². The second kappa shape index (κ2) is 5.74. The van der Waals surface area contributed by atoms with E-state index in [0.717, 1.165) is 24.7 Å². The van der Waals surface area contributed by atoms with Crippen LogP contribution in [0.25, 0.3) is 0 Å². The number of nitrogens with one attached hydrogen (secondary N) is 1. The van der Waals surface area contributed by atoms with Crippen LogP contribution in [-0.2, 0) is 0 Å². The average molecular weight is 253 g/mol. The lowest BCUT2D eigenvalue weighted by atomic mass is 10.2. The van der Waals surface area contributed by atoms with Crippen LogP contribution in [0.15, 0.2) is 18.2 Å². The van der Waals surface area contributed by atoms with Gasteiger partial charge in [-0.25, -0.2) is 0 Å². The number of rotatable bonds is 4. The summed E-state index contributed by atoms with van der Waals surface area (Å²) in [5.41, 5.74) is 2.49. The average Bonchev–Trinajstić information content (AvgIpc) is 2.75. The molecule has 1 atom stereocenters. The molecule has 1 N–H and O–H groups in total. The first-order valence-electron chi connectivity index (χ1n) is 6.45. The maximum atomic E-state index is 6.30. The molecule has 0 bridgehead atoms. The van der Waals surface area contributed by atoms with Gasteiger partial charge in [0.15, 0.2) is 0 Å². The number of para-hydroxylation sites is 1. The molecule has 0 aliphatic carbocycles. The quantitative estimate of drug-likeness (QED) is 0.885. The van der Waals surface area contributed by atoms with Crippen LogP contribution in [0.4, 0.5) is 5.69 Å². The molecule has 1 heterocycles. The van der Waals surface area contributed by atoms with Gasteiger partial charge < -0.3 is 10.2 Å². The molecule has 2 nitrogen and oxygen atoms in total. The van der Waals surface area contributed by atoms with Crippen molar-refractivity contribution in [3.05, 3.63) is 28.8 Å². The van der Waals surface area contributed by atoms with Gasteiger partial charge in [-0.1, -0.05) is 30.7 Å². The second-order valence-electron chi connectivity index (χ2n) is 4.79. The molecule has 17 heavy (non-hydrogen) atoms. The molecule has 1 aliphatic heterocycles. The summed E-state index contributed by atoms with van der Waals surface area (Å²) < 4.78 is 0. The largest absolute Gasteiger partial charge is 0.368 e. The van der Waals surface area contributed by atoms with E-state index in [-0.39, 0.29) is 0 Å². The minimum Gasteiger partial charge on any atom is -0.368 e. The topological polar surface area (TPSA) is 15.3 Å². The Bertz CT molecular complexity index is 358. The Morgan fingerprint density at radius 3 is 3.00 bits per heavy atom. The lowest BCUT2D eigenvalue weighted by Crippen LogP contribution is -2.33. The normalized spacial score (nSPS) is 19.9. The molecule has 1 saturated heterocycles. The third-order valence-corrected chi connectivity index (χ3v) is 3.68. The van der Waals surface area contributed by atoms with Gasteiger partial charge in [0.2, 0.25) is 0 Å². The Morgan fingerprint density at radius 1 is 1.47 bits per heavy atom. The van der Waals surface area contributed by atoms with Crippen molar-refractivity contribution in [1.82, 2.24) is 5.32 Å². The number of nitrogens with zero attached hydrogens (tertiary/aromatic N) is 1. The van der Waals surface area contributed by atoms with Gasteiger partial charge in [0.1, 0.15) is 0 Å². The first-order valence-corrected chi connectivity index (χ1v) is 6.83. The van der Waals surface area contributed by atoms with E-state index in [1.54, 1.807) is 0 Å². The number of hydrogen-bond acceptors (Lipinski definition) is 2. The van der Waals surface area contributed by atoms with Crippen molar-refractivity contribution in [2.45, 2.75) is 32.7 Å². The van der Waals surface area contributed by atoms with Gasteiger partial charge in [-0.05, 0) is 37.9 Å². The van der Waals surface area contributed by atoms with Crippen LogP contribution < -0.4 is 10.2 Å². The zero-order valence-electron chi connectivity index (χ0n) is 10.7. The summed E-state index contributed by atoms with van der Waals surface area (Å²) in [5.74, 6) is 0. The van der Waals surface area contributed by atoms with Crippen LogP contribution in [-0.4, -0.2) is 25.7 Å². The fourth-order valence-corrected chi connectivity index (χ4v) is 2.84. The summed E-state index contributed by atoms with van der Waals surface area (Å²) >= 11 is 6.30. The standard InChI is InChI=1S/C14H21ClN2/c1-3-8-16-12-7-9-17(10-12)14-11(2)5-4-6-13(14)15/h4-6,12,16H,3,7-10H2,1-2H3. The van der Waals surface area contributed by atoms with E-state index in [4.69, 9.17) is 11.6 Å². The molecule has 2 rings (SSSR count). The summed E-state index contributed by atoms with van der Waals surface area (Å²) in [6, 6.07) is 6.75. The summed E-state index contributed by atoms with van der Waals surface area (Å²) in [7, 11) is 0. The number of benzene rings is 1. The highest BCUT2D eigenvalue weighted by Crippen LogP contribution is 2.31. The van der Waals surface area contributed by atoms with E-state index in [9.17, 15) is 0 Å². The van der Waals surface area contributed by atoms with E-state index in [0.29, 0.717) is 6.04 Å². The third-order valence-electron chi connectivity index (χ3n) is 3.38. The van der Waals surface area contributed by atoms with E-state index >= 15 is 0 Å². The Morgan fingerprint density at radius 2 is 2.29 bits per heavy atom. The zero-order chi connectivity index (χ0) is 12.3. The maximum absolute atomic E-state index is 6.30. The van der Waals surface area contributed by atoms with E-state index in [2.05, 4.69) is 30.1 Å². The first kappa shape index (κ1) is 12.7. The maximum Gasteiger partial charge on any atom is 0.0642 e. The highest BCUT2D eigenvalue weighted by Gasteiger charge is 2.24. The van der Waals surface area contributed by atoms with Crippen LogP contribution >= 0.6 is 11.6 Å². The molecular weight excluding hydrogens is 232 g/mol. The fourth-order valence-electron chi connectivity index (χ4n) is 2.50. The van der Waals surface area contributed by atoms with E-state index < -0.39 is 0 Å². The number of hydrogen-bond donors (Lipinski definition) is 1. The predicted octanol–water partition coefficient (Wildman–Crippen LogP) is 3.23. The Hall–Kier alpha value is -0.730. The van der Waals surface area contributed by atoms with Gasteiger partial charge in [0.25, 0.3) is 0 Å². The van der Waals surface area contributed by atoms with Gasteiger partial charge in [-0.2, -0.15) is 0 Å². The summed E-state index contributed by atoms with van der Waals surface area (Å²) in [4.78, 5) is 2.41. The smallest absolute Gasteiger partial charge is 0.0642 e. The zero-order valence-corrected chi connectivity index (χ0v) is 11.4. The highest BCUT2D eigenvalue weighted by atomic mass is 35.5. The molecular formula is C14H21ClN2.